The second-order valence-electron chi connectivity index (χ2n) is 6.90. The van der Waals surface area contributed by atoms with Crippen molar-refractivity contribution in [1.82, 2.24) is 20.1 Å². The fourth-order valence-electron chi connectivity index (χ4n) is 3.17. The average Bonchev–Trinajstić information content (AvgIpc) is 3.44. The standard InChI is InChI=1S/C22H22N4O2S/c1-15-12-16(2)26(25-15)19-7-5-17(6-8-19)9-10-23-21(27)13-18-14-29-22(24-18)20-4-3-11-28-20/h3-8,11-12,14H,9-10,13H2,1-2H3,(H,23,27). The summed E-state index contributed by atoms with van der Waals surface area (Å²) in [4.78, 5) is 16.7. The highest BCUT2D eigenvalue weighted by Crippen LogP contribution is 2.24. The van der Waals surface area contributed by atoms with Crippen LogP contribution >= 0.6 is 11.3 Å². The van der Waals surface area contributed by atoms with Gasteiger partial charge in [-0.3, -0.25) is 4.79 Å². The molecule has 0 fully saturated rings. The predicted octanol–water partition coefficient (Wildman–Crippen LogP) is 4.11. The van der Waals surface area contributed by atoms with Gasteiger partial charge in [0, 0.05) is 17.6 Å². The molecule has 0 bridgehead atoms. The van der Waals surface area contributed by atoms with E-state index in [0.717, 1.165) is 40.0 Å². The Morgan fingerprint density at radius 2 is 2.03 bits per heavy atom. The van der Waals surface area contributed by atoms with Crippen molar-refractivity contribution in [3.63, 3.8) is 0 Å². The molecule has 0 radical (unpaired) electrons. The van der Waals surface area contributed by atoms with Gasteiger partial charge in [-0.05, 0) is 56.2 Å². The number of aromatic nitrogens is 3. The molecule has 1 amide bonds. The molecule has 0 aliphatic heterocycles. The zero-order chi connectivity index (χ0) is 20.2. The largest absolute Gasteiger partial charge is 0.462 e. The predicted molar refractivity (Wildman–Crippen MR) is 113 cm³/mol. The lowest BCUT2D eigenvalue weighted by Crippen LogP contribution is -2.27. The maximum absolute atomic E-state index is 12.2. The molecule has 0 aliphatic carbocycles. The average molecular weight is 407 g/mol. The van der Waals surface area contributed by atoms with E-state index < -0.39 is 0 Å². The van der Waals surface area contributed by atoms with E-state index in [1.165, 1.54) is 16.9 Å². The van der Waals surface area contributed by atoms with Crippen molar-refractivity contribution in [3.8, 4) is 16.5 Å². The monoisotopic (exact) mass is 406 g/mol. The minimum absolute atomic E-state index is 0.0273. The third-order valence-electron chi connectivity index (χ3n) is 4.55. The summed E-state index contributed by atoms with van der Waals surface area (Å²) in [5, 5.41) is 10.2. The Labute approximate surface area is 173 Å². The zero-order valence-electron chi connectivity index (χ0n) is 16.4. The quantitative estimate of drug-likeness (QED) is 0.501. The Bertz CT molecular complexity index is 1090. The molecule has 0 unspecified atom stereocenters. The van der Waals surface area contributed by atoms with Gasteiger partial charge in [0.15, 0.2) is 10.8 Å². The Hall–Kier alpha value is -3.19. The lowest BCUT2D eigenvalue weighted by molar-refractivity contribution is -0.120. The van der Waals surface area contributed by atoms with Crippen molar-refractivity contribution in [3.05, 3.63) is 76.8 Å². The topological polar surface area (TPSA) is 73.0 Å². The van der Waals surface area contributed by atoms with E-state index in [1.807, 2.05) is 36.0 Å². The second-order valence-corrected chi connectivity index (χ2v) is 7.76. The number of aryl methyl sites for hydroxylation is 2. The number of amides is 1. The molecule has 0 saturated carbocycles. The van der Waals surface area contributed by atoms with E-state index >= 15 is 0 Å². The highest BCUT2D eigenvalue weighted by molar-refractivity contribution is 7.13. The first-order chi connectivity index (χ1) is 14.1. The van der Waals surface area contributed by atoms with E-state index in [9.17, 15) is 4.79 Å². The number of nitrogens with zero attached hydrogens (tertiary/aromatic N) is 3. The maximum atomic E-state index is 12.2. The molecule has 4 rings (SSSR count). The number of carbonyl (C=O) groups excluding carboxylic acids is 1. The molecule has 0 aliphatic rings. The van der Waals surface area contributed by atoms with Crippen LogP contribution in [0.1, 0.15) is 22.6 Å². The van der Waals surface area contributed by atoms with Gasteiger partial charge >= 0.3 is 0 Å². The van der Waals surface area contributed by atoms with Gasteiger partial charge in [-0.1, -0.05) is 12.1 Å². The van der Waals surface area contributed by atoms with Crippen LogP contribution < -0.4 is 5.32 Å². The SMILES string of the molecule is Cc1cc(C)n(-c2ccc(CCNC(=O)Cc3csc(-c4ccco4)n3)cc2)n1. The van der Waals surface area contributed by atoms with E-state index in [4.69, 9.17) is 4.42 Å². The summed E-state index contributed by atoms with van der Waals surface area (Å²) in [5.74, 6) is 0.700. The summed E-state index contributed by atoms with van der Waals surface area (Å²) in [7, 11) is 0. The van der Waals surface area contributed by atoms with Crippen LogP contribution in [-0.4, -0.2) is 27.2 Å². The first-order valence-electron chi connectivity index (χ1n) is 9.46. The summed E-state index contributed by atoms with van der Waals surface area (Å²) in [6.45, 7) is 4.63. The Morgan fingerprint density at radius 1 is 1.21 bits per heavy atom. The number of hydrogen-bond acceptors (Lipinski definition) is 5. The van der Waals surface area contributed by atoms with Crippen LogP contribution in [0.15, 0.2) is 58.5 Å². The maximum Gasteiger partial charge on any atom is 0.226 e. The van der Waals surface area contributed by atoms with Crippen molar-refractivity contribution in [1.29, 1.82) is 0 Å². The first-order valence-corrected chi connectivity index (χ1v) is 10.3. The van der Waals surface area contributed by atoms with Gasteiger partial charge in [0.2, 0.25) is 5.91 Å². The molecule has 0 atom stereocenters. The van der Waals surface area contributed by atoms with Crippen molar-refractivity contribution < 1.29 is 9.21 Å². The van der Waals surface area contributed by atoms with Gasteiger partial charge in [-0.2, -0.15) is 5.10 Å². The molecule has 0 saturated heterocycles. The van der Waals surface area contributed by atoms with Crippen molar-refractivity contribution in [2.75, 3.05) is 6.54 Å². The van der Waals surface area contributed by atoms with Gasteiger partial charge in [0.1, 0.15) is 0 Å². The minimum atomic E-state index is -0.0273. The molecule has 3 heterocycles. The van der Waals surface area contributed by atoms with Gasteiger partial charge < -0.3 is 9.73 Å². The van der Waals surface area contributed by atoms with Gasteiger partial charge in [0.25, 0.3) is 0 Å². The third kappa shape index (κ3) is 4.63. The van der Waals surface area contributed by atoms with Crippen LogP contribution in [0.3, 0.4) is 0 Å². The first kappa shape index (κ1) is 19.1. The van der Waals surface area contributed by atoms with Crippen LogP contribution in [0.5, 0.6) is 0 Å². The Kier molecular flexibility index (Phi) is 5.57. The van der Waals surface area contributed by atoms with Gasteiger partial charge in [-0.15, -0.1) is 11.3 Å². The van der Waals surface area contributed by atoms with Crippen LogP contribution in [0.4, 0.5) is 0 Å². The molecule has 4 aromatic rings. The number of hydrogen-bond donors (Lipinski definition) is 1. The fraction of sp³-hybridized carbons (Fsp3) is 0.227. The Morgan fingerprint density at radius 3 is 2.72 bits per heavy atom. The van der Waals surface area contributed by atoms with Crippen molar-refractivity contribution >= 4 is 17.2 Å². The van der Waals surface area contributed by atoms with Crippen LogP contribution in [0.25, 0.3) is 16.5 Å². The molecule has 1 N–H and O–H groups in total. The summed E-state index contributed by atoms with van der Waals surface area (Å²) >= 11 is 1.48. The van der Waals surface area contributed by atoms with Gasteiger partial charge in [-0.25, -0.2) is 9.67 Å². The van der Waals surface area contributed by atoms with Crippen molar-refractivity contribution in [2.45, 2.75) is 26.7 Å². The number of thiazole rings is 1. The van der Waals surface area contributed by atoms with E-state index in [-0.39, 0.29) is 12.3 Å². The molecule has 1 aromatic carbocycles. The zero-order valence-corrected chi connectivity index (χ0v) is 17.2. The molecule has 6 nitrogen and oxygen atoms in total. The molecule has 0 spiro atoms. The molecule has 29 heavy (non-hydrogen) atoms. The molecule has 148 valence electrons. The number of rotatable bonds is 7. The smallest absolute Gasteiger partial charge is 0.226 e. The molecule has 3 aromatic heterocycles. The summed E-state index contributed by atoms with van der Waals surface area (Å²) in [6, 6.07) is 14.0. The lowest BCUT2D eigenvalue weighted by atomic mass is 10.1. The normalized spacial score (nSPS) is 11.0. The van der Waals surface area contributed by atoms with Gasteiger partial charge in [0.05, 0.1) is 29.8 Å². The minimum Gasteiger partial charge on any atom is -0.462 e. The summed E-state index contributed by atoms with van der Waals surface area (Å²) < 4.78 is 7.27. The van der Waals surface area contributed by atoms with E-state index in [2.05, 4.69) is 45.7 Å². The number of carbonyl (C=O) groups is 1. The number of nitrogens with one attached hydrogen (secondary N) is 1. The molecular weight excluding hydrogens is 384 g/mol. The third-order valence-corrected chi connectivity index (χ3v) is 5.46. The number of furan rings is 1. The molecule has 7 heteroatoms. The van der Waals surface area contributed by atoms with Crippen molar-refractivity contribution in [2.24, 2.45) is 0 Å². The number of benzene rings is 1. The highest BCUT2D eigenvalue weighted by Gasteiger charge is 2.10. The van der Waals surface area contributed by atoms with Crippen LogP contribution in [-0.2, 0) is 17.6 Å². The fourth-order valence-corrected chi connectivity index (χ4v) is 3.95. The summed E-state index contributed by atoms with van der Waals surface area (Å²) in [5.41, 5.74) is 5.09. The summed E-state index contributed by atoms with van der Waals surface area (Å²) in [6.07, 6.45) is 2.67. The van der Waals surface area contributed by atoms with Crippen LogP contribution in [0.2, 0.25) is 0 Å². The molecular formula is C22H22N4O2S. The van der Waals surface area contributed by atoms with E-state index in [0.29, 0.717) is 6.54 Å². The second kappa shape index (κ2) is 8.45. The van der Waals surface area contributed by atoms with Crippen LogP contribution in [0, 0.1) is 13.8 Å². The lowest BCUT2D eigenvalue weighted by Gasteiger charge is -2.07. The highest BCUT2D eigenvalue weighted by atomic mass is 32.1. The van der Waals surface area contributed by atoms with E-state index in [1.54, 1.807) is 6.26 Å². The Balaban J connectivity index is 1.26.